The third-order valence-electron chi connectivity index (χ3n) is 4.95. The lowest BCUT2D eigenvalue weighted by molar-refractivity contribution is -0.0836. The normalized spacial score (nSPS) is 23.3. The second-order valence-electron chi connectivity index (χ2n) is 6.18. The highest BCUT2D eigenvalue weighted by atomic mass is 16.5. The van der Waals surface area contributed by atoms with Gasteiger partial charge < -0.3 is 9.47 Å². The molecule has 3 heterocycles. The number of likely N-dealkylation sites (N-methyl/N-ethyl adjacent to an activating group) is 1. The highest BCUT2D eigenvalue weighted by Crippen LogP contribution is 2.31. The van der Waals surface area contributed by atoms with Crippen molar-refractivity contribution in [2.45, 2.75) is 24.9 Å². The van der Waals surface area contributed by atoms with Crippen molar-refractivity contribution in [1.82, 2.24) is 14.8 Å². The maximum absolute atomic E-state index is 5.73. The summed E-state index contributed by atoms with van der Waals surface area (Å²) in [5.74, 6) is 0.678. The van der Waals surface area contributed by atoms with Crippen molar-refractivity contribution in [3.05, 3.63) is 23.9 Å². The molecular formula is C16H25N3O2. The summed E-state index contributed by atoms with van der Waals surface area (Å²) in [5.41, 5.74) is 1.52. The summed E-state index contributed by atoms with van der Waals surface area (Å²) in [7, 11) is 3.89. The molecule has 2 fully saturated rings. The van der Waals surface area contributed by atoms with Gasteiger partial charge in [-0.3, -0.25) is 9.80 Å². The third kappa shape index (κ3) is 3.20. The van der Waals surface area contributed by atoms with Gasteiger partial charge in [0.1, 0.15) is 0 Å². The smallest absolute Gasteiger partial charge is 0.212 e. The van der Waals surface area contributed by atoms with Crippen LogP contribution in [0.5, 0.6) is 5.88 Å². The highest BCUT2D eigenvalue weighted by Gasteiger charge is 2.40. The molecule has 0 aromatic carbocycles. The van der Waals surface area contributed by atoms with Crippen LogP contribution in [0.3, 0.4) is 0 Å². The number of likely N-dealkylation sites (tertiary alicyclic amines) is 1. The number of ether oxygens (including phenoxy) is 2. The Kier molecular flexibility index (Phi) is 4.42. The predicted molar refractivity (Wildman–Crippen MR) is 81.5 cm³/mol. The fourth-order valence-corrected chi connectivity index (χ4v) is 3.35. The Hall–Kier alpha value is -1.17. The summed E-state index contributed by atoms with van der Waals surface area (Å²) < 4.78 is 10.8. The number of rotatable bonds is 3. The molecule has 2 saturated heterocycles. The summed E-state index contributed by atoms with van der Waals surface area (Å²) in [5, 5.41) is 0. The van der Waals surface area contributed by atoms with Gasteiger partial charge in [-0.15, -0.1) is 0 Å². The van der Waals surface area contributed by atoms with Gasteiger partial charge in [-0.05, 0) is 25.5 Å². The molecule has 0 N–H and O–H groups in total. The van der Waals surface area contributed by atoms with Crippen molar-refractivity contribution < 1.29 is 9.47 Å². The highest BCUT2D eigenvalue weighted by molar-refractivity contribution is 5.17. The number of aromatic nitrogens is 1. The van der Waals surface area contributed by atoms with Crippen LogP contribution in [0.1, 0.15) is 18.4 Å². The van der Waals surface area contributed by atoms with Gasteiger partial charge >= 0.3 is 0 Å². The fraction of sp³-hybridized carbons (Fsp3) is 0.688. The number of hydrogen-bond acceptors (Lipinski definition) is 5. The van der Waals surface area contributed by atoms with E-state index in [4.69, 9.17) is 9.47 Å². The average molecular weight is 291 g/mol. The van der Waals surface area contributed by atoms with Crippen molar-refractivity contribution in [3.63, 3.8) is 0 Å². The van der Waals surface area contributed by atoms with Gasteiger partial charge in [0.05, 0.1) is 20.3 Å². The minimum absolute atomic E-state index is 0.271. The quantitative estimate of drug-likeness (QED) is 0.841. The van der Waals surface area contributed by atoms with Crippen LogP contribution < -0.4 is 4.74 Å². The van der Waals surface area contributed by atoms with E-state index >= 15 is 0 Å². The molecule has 0 amide bonds. The van der Waals surface area contributed by atoms with E-state index < -0.39 is 0 Å². The monoisotopic (exact) mass is 291 g/mol. The van der Waals surface area contributed by atoms with Crippen LogP contribution >= 0.6 is 0 Å². The second kappa shape index (κ2) is 6.30. The van der Waals surface area contributed by atoms with Crippen molar-refractivity contribution >= 4 is 0 Å². The summed E-state index contributed by atoms with van der Waals surface area (Å²) in [4.78, 5) is 9.29. The SMILES string of the molecule is COc1ccc(CN2CCC3(CC2)COCCN3C)cn1. The first kappa shape index (κ1) is 14.8. The average Bonchev–Trinajstić information content (AvgIpc) is 2.53. The van der Waals surface area contributed by atoms with E-state index in [9.17, 15) is 0 Å². The van der Waals surface area contributed by atoms with E-state index in [2.05, 4.69) is 27.9 Å². The number of hydrogen-bond donors (Lipinski definition) is 0. The van der Waals surface area contributed by atoms with Crippen LogP contribution in [0.15, 0.2) is 18.3 Å². The number of methoxy groups -OCH3 is 1. The zero-order valence-corrected chi connectivity index (χ0v) is 13.0. The molecule has 21 heavy (non-hydrogen) atoms. The van der Waals surface area contributed by atoms with Crippen LogP contribution in [0, 0.1) is 0 Å². The molecule has 0 atom stereocenters. The molecule has 1 aromatic heterocycles. The van der Waals surface area contributed by atoms with Crippen LogP contribution in [-0.2, 0) is 11.3 Å². The van der Waals surface area contributed by atoms with Gasteiger partial charge in [-0.25, -0.2) is 4.98 Å². The van der Waals surface area contributed by atoms with Crippen molar-refractivity contribution in [1.29, 1.82) is 0 Å². The molecule has 1 aromatic rings. The Morgan fingerprint density at radius 1 is 1.29 bits per heavy atom. The van der Waals surface area contributed by atoms with E-state index in [0.29, 0.717) is 5.88 Å². The Morgan fingerprint density at radius 3 is 2.71 bits per heavy atom. The van der Waals surface area contributed by atoms with Gasteiger partial charge in [0.25, 0.3) is 0 Å². The van der Waals surface area contributed by atoms with E-state index in [1.54, 1.807) is 7.11 Å². The summed E-state index contributed by atoms with van der Waals surface area (Å²) in [6.45, 7) is 6.04. The minimum Gasteiger partial charge on any atom is -0.481 e. The van der Waals surface area contributed by atoms with E-state index in [-0.39, 0.29) is 5.54 Å². The molecule has 0 unspecified atom stereocenters. The second-order valence-corrected chi connectivity index (χ2v) is 6.18. The summed E-state index contributed by atoms with van der Waals surface area (Å²) >= 11 is 0. The first-order chi connectivity index (χ1) is 10.2. The fourth-order valence-electron chi connectivity index (χ4n) is 3.35. The van der Waals surface area contributed by atoms with Crippen LogP contribution in [-0.4, -0.2) is 67.3 Å². The molecule has 0 bridgehead atoms. The van der Waals surface area contributed by atoms with Crippen molar-refractivity contribution in [2.24, 2.45) is 0 Å². The van der Waals surface area contributed by atoms with Crippen LogP contribution in [0.4, 0.5) is 0 Å². The third-order valence-corrected chi connectivity index (χ3v) is 4.95. The number of piperidine rings is 1. The first-order valence-corrected chi connectivity index (χ1v) is 7.72. The maximum atomic E-state index is 5.73. The molecule has 3 rings (SSSR count). The zero-order chi connectivity index (χ0) is 14.7. The van der Waals surface area contributed by atoms with Gasteiger partial charge in [-0.2, -0.15) is 0 Å². The molecule has 0 aliphatic carbocycles. The number of nitrogens with zero attached hydrogens (tertiary/aromatic N) is 3. The topological polar surface area (TPSA) is 37.8 Å². The zero-order valence-electron chi connectivity index (χ0n) is 13.0. The standard InChI is InChI=1S/C16H25N3O2/c1-18-9-10-21-13-16(18)5-7-19(8-6-16)12-14-3-4-15(20-2)17-11-14/h3-4,11H,5-10,12-13H2,1-2H3. The van der Waals surface area contributed by atoms with E-state index in [1.165, 1.54) is 18.4 Å². The molecule has 2 aliphatic rings. The van der Waals surface area contributed by atoms with Crippen molar-refractivity contribution in [3.8, 4) is 5.88 Å². The van der Waals surface area contributed by atoms with Crippen LogP contribution in [0.2, 0.25) is 0 Å². The van der Waals surface area contributed by atoms with Crippen molar-refractivity contribution in [2.75, 3.05) is 47.0 Å². The largest absolute Gasteiger partial charge is 0.481 e. The van der Waals surface area contributed by atoms with Gasteiger partial charge in [0.15, 0.2) is 0 Å². The Balaban J connectivity index is 1.55. The molecular weight excluding hydrogens is 266 g/mol. The molecule has 5 nitrogen and oxygen atoms in total. The maximum Gasteiger partial charge on any atom is 0.212 e. The lowest BCUT2D eigenvalue weighted by Crippen LogP contribution is -2.59. The summed E-state index contributed by atoms with van der Waals surface area (Å²) in [6, 6.07) is 4.04. The first-order valence-electron chi connectivity index (χ1n) is 7.72. The molecule has 0 saturated carbocycles. The Labute approximate surface area is 126 Å². The molecule has 2 aliphatic heterocycles. The molecule has 5 heteroatoms. The number of pyridine rings is 1. The Morgan fingerprint density at radius 2 is 2.10 bits per heavy atom. The Bertz CT molecular complexity index is 455. The van der Waals surface area contributed by atoms with Gasteiger partial charge in [0.2, 0.25) is 5.88 Å². The number of morpholine rings is 1. The van der Waals surface area contributed by atoms with E-state index in [0.717, 1.165) is 39.4 Å². The van der Waals surface area contributed by atoms with Gasteiger partial charge in [-0.1, -0.05) is 6.07 Å². The lowest BCUT2D eigenvalue weighted by Gasteiger charge is -2.49. The predicted octanol–water partition coefficient (Wildman–Crippen LogP) is 1.39. The lowest BCUT2D eigenvalue weighted by atomic mass is 9.85. The molecule has 1 spiro atoms. The molecule has 0 radical (unpaired) electrons. The van der Waals surface area contributed by atoms with Crippen LogP contribution in [0.25, 0.3) is 0 Å². The summed E-state index contributed by atoms with van der Waals surface area (Å²) in [6.07, 6.45) is 4.29. The molecule has 116 valence electrons. The minimum atomic E-state index is 0.271. The van der Waals surface area contributed by atoms with E-state index in [1.807, 2.05) is 12.3 Å². The van der Waals surface area contributed by atoms with Gasteiger partial charge in [0, 0.05) is 44.0 Å².